The molecule has 0 unspecified atom stereocenters. The average Bonchev–Trinajstić information content (AvgIpc) is 3.19. The fourth-order valence-corrected chi connectivity index (χ4v) is 5.16. The molecule has 3 aromatic carbocycles. The van der Waals surface area contributed by atoms with E-state index in [9.17, 15) is 4.79 Å². The SMILES string of the molecule is O=C(c1ccccc1Cl)N1CCCN(c2nc3ccccc3c3nnc(-c4ccccc4Cl)n23)CC1. The maximum Gasteiger partial charge on any atom is 0.255 e. The number of para-hydroxylation sites is 1. The summed E-state index contributed by atoms with van der Waals surface area (Å²) < 4.78 is 1.98. The van der Waals surface area contributed by atoms with E-state index in [2.05, 4.69) is 15.1 Å². The first kappa shape index (κ1) is 22.8. The molecule has 0 bridgehead atoms. The number of carbonyl (C=O) groups is 1. The minimum absolute atomic E-state index is 0.0554. The van der Waals surface area contributed by atoms with Crippen LogP contribution in [0.3, 0.4) is 0 Å². The number of aromatic nitrogens is 4. The number of halogens is 2. The van der Waals surface area contributed by atoms with E-state index in [1.807, 2.05) is 70.0 Å². The summed E-state index contributed by atoms with van der Waals surface area (Å²) in [5.74, 6) is 1.31. The number of amides is 1. The molecule has 1 aliphatic heterocycles. The molecule has 0 aliphatic carbocycles. The Morgan fingerprint density at radius 3 is 2.36 bits per heavy atom. The Labute approximate surface area is 217 Å². The summed E-state index contributed by atoms with van der Waals surface area (Å²) in [6.45, 7) is 2.52. The van der Waals surface area contributed by atoms with Gasteiger partial charge in [0.05, 0.1) is 21.1 Å². The van der Waals surface area contributed by atoms with Crippen molar-refractivity contribution in [2.45, 2.75) is 6.42 Å². The quantitative estimate of drug-likeness (QED) is 0.312. The maximum atomic E-state index is 13.2. The first-order valence-electron chi connectivity index (χ1n) is 11.8. The Morgan fingerprint density at radius 1 is 0.778 bits per heavy atom. The summed E-state index contributed by atoms with van der Waals surface area (Å²) in [4.78, 5) is 22.3. The van der Waals surface area contributed by atoms with E-state index in [4.69, 9.17) is 28.2 Å². The van der Waals surface area contributed by atoms with Gasteiger partial charge in [-0.3, -0.25) is 4.79 Å². The highest BCUT2D eigenvalue weighted by molar-refractivity contribution is 6.34. The first-order chi connectivity index (χ1) is 17.6. The number of carbonyl (C=O) groups excluding carboxylic acids is 1. The van der Waals surface area contributed by atoms with Crippen LogP contribution in [0.2, 0.25) is 10.0 Å². The fraction of sp³-hybridized carbons (Fsp3) is 0.185. The lowest BCUT2D eigenvalue weighted by atomic mass is 10.2. The molecule has 5 aromatic rings. The molecule has 180 valence electrons. The lowest BCUT2D eigenvalue weighted by Gasteiger charge is -2.24. The second-order valence-corrected chi connectivity index (χ2v) is 9.52. The number of hydrogen-bond donors (Lipinski definition) is 0. The molecular weight excluding hydrogens is 495 g/mol. The molecule has 1 saturated heterocycles. The van der Waals surface area contributed by atoms with Crippen molar-refractivity contribution >= 4 is 51.6 Å². The molecule has 0 spiro atoms. The Bertz CT molecular complexity index is 1600. The van der Waals surface area contributed by atoms with Crippen LogP contribution in [0.1, 0.15) is 16.8 Å². The topological polar surface area (TPSA) is 66.6 Å². The first-order valence-corrected chi connectivity index (χ1v) is 12.5. The molecule has 2 aromatic heterocycles. The third-order valence-electron chi connectivity index (χ3n) is 6.51. The summed E-state index contributed by atoms with van der Waals surface area (Å²) in [5, 5.41) is 11.1. The molecule has 6 rings (SSSR count). The van der Waals surface area contributed by atoms with Gasteiger partial charge < -0.3 is 9.80 Å². The van der Waals surface area contributed by atoms with Gasteiger partial charge in [-0.05, 0) is 42.8 Å². The minimum atomic E-state index is -0.0554. The van der Waals surface area contributed by atoms with Crippen LogP contribution in [-0.2, 0) is 0 Å². The highest BCUT2D eigenvalue weighted by Crippen LogP contribution is 2.32. The number of benzene rings is 3. The second-order valence-electron chi connectivity index (χ2n) is 8.70. The molecule has 0 saturated carbocycles. The van der Waals surface area contributed by atoms with Crippen molar-refractivity contribution in [3.8, 4) is 11.4 Å². The largest absolute Gasteiger partial charge is 0.340 e. The number of nitrogens with zero attached hydrogens (tertiary/aromatic N) is 6. The predicted octanol–water partition coefficient (Wildman–Crippen LogP) is 5.60. The molecular formula is C27H22Cl2N6O. The molecule has 9 heteroatoms. The van der Waals surface area contributed by atoms with Crippen LogP contribution in [0.4, 0.5) is 5.95 Å². The van der Waals surface area contributed by atoms with Crippen LogP contribution in [0.15, 0.2) is 72.8 Å². The average molecular weight is 517 g/mol. The van der Waals surface area contributed by atoms with Gasteiger partial charge in [0, 0.05) is 37.1 Å². The lowest BCUT2D eigenvalue weighted by Crippen LogP contribution is -2.36. The third-order valence-corrected chi connectivity index (χ3v) is 7.17. The van der Waals surface area contributed by atoms with Crippen molar-refractivity contribution in [1.29, 1.82) is 0 Å². The van der Waals surface area contributed by atoms with Crippen LogP contribution >= 0.6 is 23.2 Å². The van der Waals surface area contributed by atoms with Crippen molar-refractivity contribution in [2.24, 2.45) is 0 Å². The van der Waals surface area contributed by atoms with Crippen LogP contribution < -0.4 is 4.90 Å². The van der Waals surface area contributed by atoms with Crippen LogP contribution in [0.25, 0.3) is 27.9 Å². The van der Waals surface area contributed by atoms with Gasteiger partial charge in [0.25, 0.3) is 5.91 Å². The Hall–Kier alpha value is -3.68. The normalized spacial score (nSPS) is 14.4. The monoisotopic (exact) mass is 516 g/mol. The van der Waals surface area contributed by atoms with E-state index >= 15 is 0 Å². The molecule has 1 aliphatic rings. The number of fused-ring (bicyclic) bond motifs is 3. The number of hydrogen-bond acceptors (Lipinski definition) is 5. The smallest absolute Gasteiger partial charge is 0.255 e. The van der Waals surface area contributed by atoms with E-state index in [-0.39, 0.29) is 5.91 Å². The van der Waals surface area contributed by atoms with Crippen LogP contribution in [-0.4, -0.2) is 56.6 Å². The van der Waals surface area contributed by atoms with Gasteiger partial charge in [-0.15, -0.1) is 10.2 Å². The van der Waals surface area contributed by atoms with Gasteiger partial charge in [-0.1, -0.05) is 59.6 Å². The Kier molecular flexibility index (Phi) is 5.95. The number of rotatable bonds is 3. The van der Waals surface area contributed by atoms with E-state index in [0.29, 0.717) is 41.1 Å². The van der Waals surface area contributed by atoms with E-state index in [1.54, 1.807) is 12.1 Å². The summed E-state index contributed by atoms with van der Waals surface area (Å²) in [5.41, 5.74) is 2.87. The molecule has 1 fully saturated rings. The molecule has 0 radical (unpaired) electrons. The zero-order valence-corrected chi connectivity index (χ0v) is 20.8. The molecule has 0 atom stereocenters. The highest BCUT2D eigenvalue weighted by Gasteiger charge is 2.26. The molecule has 36 heavy (non-hydrogen) atoms. The van der Waals surface area contributed by atoms with Crippen LogP contribution in [0.5, 0.6) is 0 Å². The van der Waals surface area contributed by atoms with E-state index < -0.39 is 0 Å². The van der Waals surface area contributed by atoms with Crippen molar-refractivity contribution in [3.63, 3.8) is 0 Å². The van der Waals surface area contributed by atoms with Crippen molar-refractivity contribution < 1.29 is 4.79 Å². The zero-order valence-electron chi connectivity index (χ0n) is 19.3. The lowest BCUT2D eigenvalue weighted by molar-refractivity contribution is 0.0767. The molecule has 7 nitrogen and oxygen atoms in total. The summed E-state index contributed by atoms with van der Waals surface area (Å²) in [6.07, 6.45) is 0.787. The maximum absolute atomic E-state index is 13.2. The highest BCUT2D eigenvalue weighted by atomic mass is 35.5. The Balaban J connectivity index is 1.42. The van der Waals surface area contributed by atoms with Gasteiger partial charge in [-0.2, -0.15) is 0 Å². The standard InChI is InChI=1S/C27H22Cl2N6O/c28-21-11-4-1-8-18(21)24-31-32-25-20-10-3-6-13-23(20)30-27(35(24)25)34-15-7-14-33(16-17-34)26(36)19-9-2-5-12-22(19)29/h1-6,8-13H,7,14-17H2. The molecule has 0 N–H and O–H groups in total. The van der Waals surface area contributed by atoms with E-state index in [1.165, 1.54) is 0 Å². The predicted molar refractivity (Wildman–Crippen MR) is 143 cm³/mol. The van der Waals surface area contributed by atoms with Gasteiger partial charge in [0.1, 0.15) is 0 Å². The Morgan fingerprint density at radius 2 is 1.53 bits per heavy atom. The molecule has 3 heterocycles. The zero-order chi connectivity index (χ0) is 24.6. The second kappa shape index (κ2) is 9.41. The van der Waals surface area contributed by atoms with Gasteiger partial charge in [0.2, 0.25) is 5.95 Å². The summed E-state index contributed by atoms with van der Waals surface area (Å²) in [6, 6.07) is 22.7. The third kappa shape index (κ3) is 3.94. The van der Waals surface area contributed by atoms with Crippen molar-refractivity contribution in [1.82, 2.24) is 24.5 Å². The van der Waals surface area contributed by atoms with Crippen molar-refractivity contribution in [2.75, 3.05) is 31.1 Å². The van der Waals surface area contributed by atoms with Gasteiger partial charge in [0.15, 0.2) is 11.5 Å². The fourth-order valence-electron chi connectivity index (χ4n) is 4.72. The number of anilines is 1. The van der Waals surface area contributed by atoms with Crippen molar-refractivity contribution in [3.05, 3.63) is 88.4 Å². The summed E-state index contributed by atoms with van der Waals surface area (Å²) >= 11 is 12.9. The molecule has 1 amide bonds. The van der Waals surface area contributed by atoms with Gasteiger partial charge >= 0.3 is 0 Å². The summed E-state index contributed by atoms with van der Waals surface area (Å²) in [7, 11) is 0. The van der Waals surface area contributed by atoms with E-state index in [0.717, 1.165) is 41.0 Å². The van der Waals surface area contributed by atoms with Crippen LogP contribution in [0, 0.1) is 0 Å². The minimum Gasteiger partial charge on any atom is -0.340 e. The van der Waals surface area contributed by atoms with Gasteiger partial charge in [-0.25, -0.2) is 9.38 Å².